The lowest BCUT2D eigenvalue weighted by Gasteiger charge is -2.07. The highest BCUT2D eigenvalue weighted by atomic mass is 79.9. The summed E-state index contributed by atoms with van der Waals surface area (Å²) >= 11 is 3.27. The molecular formula is C14H9BrF3NO. The van der Waals surface area contributed by atoms with E-state index >= 15 is 0 Å². The van der Waals surface area contributed by atoms with Crippen LogP contribution in [-0.4, -0.2) is 5.91 Å². The number of carbonyl (C=O) groups is 1. The van der Waals surface area contributed by atoms with Gasteiger partial charge in [0.15, 0.2) is 0 Å². The Kier molecular flexibility index (Phi) is 4.44. The molecule has 0 heterocycles. The van der Waals surface area contributed by atoms with Crippen LogP contribution in [0.5, 0.6) is 0 Å². The molecule has 0 saturated heterocycles. The topological polar surface area (TPSA) is 29.1 Å². The van der Waals surface area contributed by atoms with Gasteiger partial charge in [0.05, 0.1) is 0 Å². The maximum absolute atomic E-state index is 13.4. The standard InChI is InChI=1S/C14H9BrF3NO/c15-9-3-1-2-8(4-9)7-19-14(20)13-11(17)5-10(16)6-12(13)18/h1-6H,7H2,(H,19,20). The van der Waals surface area contributed by atoms with Crippen LogP contribution in [-0.2, 0) is 6.54 Å². The number of hydrogen-bond acceptors (Lipinski definition) is 1. The average Bonchev–Trinajstić information content (AvgIpc) is 2.35. The molecule has 2 nitrogen and oxygen atoms in total. The highest BCUT2D eigenvalue weighted by Gasteiger charge is 2.18. The number of carbonyl (C=O) groups excluding carboxylic acids is 1. The van der Waals surface area contributed by atoms with E-state index in [1.807, 2.05) is 6.07 Å². The summed E-state index contributed by atoms with van der Waals surface area (Å²) in [5.74, 6) is -4.45. The molecule has 20 heavy (non-hydrogen) atoms. The zero-order valence-electron chi connectivity index (χ0n) is 10.1. The maximum atomic E-state index is 13.4. The third-order valence-electron chi connectivity index (χ3n) is 2.58. The molecule has 6 heteroatoms. The molecule has 0 aliphatic rings. The maximum Gasteiger partial charge on any atom is 0.257 e. The second kappa shape index (κ2) is 6.09. The normalized spacial score (nSPS) is 10.4. The first-order valence-electron chi connectivity index (χ1n) is 5.64. The summed E-state index contributed by atoms with van der Waals surface area (Å²) in [6.07, 6.45) is 0. The van der Waals surface area contributed by atoms with Crippen LogP contribution in [0.2, 0.25) is 0 Å². The van der Waals surface area contributed by atoms with Gasteiger partial charge in [0, 0.05) is 23.2 Å². The van der Waals surface area contributed by atoms with Crippen LogP contribution < -0.4 is 5.32 Å². The van der Waals surface area contributed by atoms with Gasteiger partial charge in [0.25, 0.3) is 5.91 Å². The van der Waals surface area contributed by atoms with Gasteiger partial charge in [0.2, 0.25) is 0 Å². The molecule has 0 atom stereocenters. The monoisotopic (exact) mass is 343 g/mol. The van der Waals surface area contributed by atoms with E-state index in [0.717, 1.165) is 10.0 Å². The Morgan fingerprint density at radius 1 is 1.10 bits per heavy atom. The molecule has 0 aliphatic carbocycles. The molecule has 2 aromatic rings. The molecule has 0 saturated carbocycles. The Bertz CT molecular complexity index is 638. The van der Waals surface area contributed by atoms with Crippen molar-refractivity contribution in [1.29, 1.82) is 0 Å². The van der Waals surface area contributed by atoms with Gasteiger partial charge < -0.3 is 5.32 Å². The molecule has 2 rings (SSSR count). The quantitative estimate of drug-likeness (QED) is 0.902. The van der Waals surface area contributed by atoms with Crippen LogP contribution >= 0.6 is 15.9 Å². The van der Waals surface area contributed by atoms with Gasteiger partial charge in [-0.15, -0.1) is 0 Å². The fraction of sp³-hybridized carbons (Fsp3) is 0.0714. The highest BCUT2D eigenvalue weighted by molar-refractivity contribution is 9.10. The number of hydrogen-bond donors (Lipinski definition) is 1. The second-order valence-electron chi connectivity index (χ2n) is 4.06. The Balaban J connectivity index is 2.13. The van der Waals surface area contributed by atoms with Crippen LogP contribution in [0, 0.1) is 17.5 Å². The van der Waals surface area contributed by atoms with Crippen molar-refractivity contribution in [3.8, 4) is 0 Å². The number of rotatable bonds is 3. The van der Waals surface area contributed by atoms with Gasteiger partial charge in [-0.2, -0.15) is 0 Å². The molecule has 0 radical (unpaired) electrons. The minimum absolute atomic E-state index is 0.106. The summed E-state index contributed by atoms with van der Waals surface area (Å²) in [5.41, 5.74) is -0.0305. The van der Waals surface area contributed by atoms with Crippen molar-refractivity contribution >= 4 is 21.8 Å². The molecule has 0 unspecified atom stereocenters. The van der Waals surface area contributed by atoms with Gasteiger partial charge in [-0.3, -0.25) is 4.79 Å². The van der Waals surface area contributed by atoms with Gasteiger partial charge >= 0.3 is 0 Å². The smallest absolute Gasteiger partial charge is 0.257 e. The molecule has 0 aliphatic heterocycles. The van der Waals surface area contributed by atoms with Crippen LogP contribution in [0.15, 0.2) is 40.9 Å². The first-order valence-corrected chi connectivity index (χ1v) is 6.44. The van der Waals surface area contributed by atoms with Crippen molar-refractivity contribution in [2.45, 2.75) is 6.54 Å². The van der Waals surface area contributed by atoms with E-state index in [1.165, 1.54) is 0 Å². The molecule has 0 aromatic heterocycles. The Morgan fingerprint density at radius 2 is 1.75 bits per heavy atom. The summed E-state index contributed by atoms with van der Waals surface area (Å²) in [6.45, 7) is 0.106. The number of amides is 1. The first kappa shape index (κ1) is 14.6. The first-order chi connectivity index (χ1) is 9.47. The van der Waals surface area contributed by atoms with Crippen LogP contribution in [0.25, 0.3) is 0 Å². The predicted molar refractivity (Wildman–Crippen MR) is 71.6 cm³/mol. The summed E-state index contributed by atoms with van der Waals surface area (Å²) in [4.78, 5) is 11.7. The van der Waals surface area contributed by atoms with E-state index in [9.17, 15) is 18.0 Å². The van der Waals surface area contributed by atoms with E-state index in [0.29, 0.717) is 12.1 Å². The number of nitrogens with one attached hydrogen (secondary N) is 1. The van der Waals surface area contributed by atoms with Crippen molar-refractivity contribution in [3.63, 3.8) is 0 Å². The SMILES string of the molecule is O=C(NCc1cccc(Br)c1)c1c(F)cc(F)cc1F. The lowest BCUT2D eigenvalue weighted by Crippen LogP contribution is -2.25. The van der Waals surface area contributed by atoms with Gasteiger partial charge in [-0.1, -0.05) is 28.1 Å². The Hall–Kier alpha value is -1.82. The molecule has 0 fully saturated rings. The van der Waals surface area contributed by atoms with E-state index in [4.69, 9.17) is 0 Å². The van der Waals surface area contributed by atoms with Crippen LogP contribution in [0.3, 0.4) is 0 Å². The largest absolute Gasteiger partial charge is 0.348 e. The molecule has 1 N–H and O–H groups in total. The van der Waals surface area contributed by atoms with Crippen molar-refractivity contribution in [2.24, 2.45) is 0 Å². The van der Waals surface area contributed by atoms with Crippen molar-refractivity contribution in [1.82, 2.24) is 5.32 Å². The van der Waals surface area contributed by atoms with Crippen LogP contribution in [0.1, 0.15) is 15.9 Å². The van der Waals surface area contributed by atoms with E-state index < -0.39 is 28.9 Å². The molecule has 0 spiro atoms. The molecule has 104 valence electrons. The zero-order chi connectivity index (χ0) is 14.7. The number of benzene rings is 2. The lowest BCUT2D eigenvalue weighted by molar-refractivity contribution is 0.0942. The lowest BCUT2D eigenvalue weighted by atomic mass is 10.1. The van der Waals surface area contributed by atoms with Gasteiger partial charge in [-0.25, -0.2) is 13.2 Å². The summed E-state index contributed by atoms with van der Waals surface area (Å²) in [5, 5.41) is 2.38. The van der Waals surface area contributed by atoms with Gasteiger partial charge in [-0.05, 0) is 17.7 Å². The van der Waals surface area contributed by atoms with Crippen molar-refractivity contribution < 1.29 is 18.0 Å². The van der Waals surface area contributed by atoms with Crippen molar-refractivity contribution in [3.05, 3.63) is 69.4 Å². The fourth-order valence-electron chi connectivity index (χ4n) is 1.68. The fourth-order valence-corrected chi connectivity index (χ4v) is 2.12. The third-order valence-corrected chi connectivity index (χ3v) is 3.07. The zero-order valence-corrected chi connectivity index (χ0v) is 11.7. The summed E-state index contributed by atoms with van der Waals surface area (Å²) in [7, 11) is 0. The Morgan fingerprint density at radius 3 is 2.35 bits per heavy atom. The Labute approximate surface area is 121 Å². The molecule has 1 amide bonds. The molecule has 0 bridgehead atoms. The van der Waals surface area contributed by atoms with Crippen LogP contribution in [0.4, 0.5) is 13.2 Å². The highest BCUT2D eigenvalue weighted by Crippen LogP contribution is 2.15. The summed E-state index contributed by atoms with van der Waals surface area (Å²) < 4.78 is 40.4. The third kappa shape index (κ3) is 3.39. The van der Waals surface area contributed by atoms with Crippen molar-refractivity contribution in [2.75, 3.05) is 0 Å². The average molecular weight is 344 g/mol. The molecular weight excluding hydrogens is 335 g/mol. The minimum Gasteiger partial charge on any atom is -0.348 e. The minimum atomic E-state index is -1.23. The van der Waals surface area contributed by atoms with E-state index in [2.05, 4.69) is 21.2 Å². The van der Waals surface area contributed by atoms with E-state index in [-0.39, 0.29) is 6.54 Å². The second-order valence-corrected chi connectivity index (χ2v) is 4.97. The predicted octanol–water partition coefficient (Wildman–Crippen LogP) is 3.80. The summed E-state index contributed by atoms with van der Waals surface area (Å²) in [6, 6.07) is 8.03. The van der Waals surface area contributed by atoms with Gasteiger partial charge in [0.1, 0.15) is 23.0 Å². The number of halogens is 4. The van der Waals surface area contributed by atoms with E-state index in [1.54, 1.807) is 18.2 Å². The molecule has 2 aromatic carbocycles.